The first kappa shape index (κ1) is 17.3. The average Bonchev–Trinajstić information content (AvgIpc) is 2.74. The van der Waals surface area contributed by atoms with Crippen LogP contribution in [0.15, 0.2) is 61.1 Å². The molecular weight excluding hydrogens is 336 g/mol. The maximum Gasteiger partial charge on any atom is 0.213 e. The maximum atomic E-state index is 12.9. The summed E-state index contributed by atoms with van der Waals surface area (Å²) in [5.41, 5.74) is 3.06. The summed E-state index contributed by atoms with van der Waals surface area (Å²) in [5, 5.41) is 0. The number of aryl methyl sites for hydroxylation is 1. The molecule has 1 atom stereocenters. The number of anilines is 1. The first-order chi connectivity index (χ1) is 13.2. The number of aromatic nitrogens is 3. The van der Waals surface area contributed by atoms with Crippen LogP contribution in [-0.4, -0.2) is 33.8 Å². The highest BCUT2D eigenvalue weighted by Gasteiger charge is 2.23. The van der Waals surface area contributed by atoms with Gasteiger partial charge >= 0.3 is 0 Å². The summed E-state index contributed by atoms with van der Waals surface area (Å²) in [6.45, 7) is 3.69. The second-order valence-corrected chi connectivity index (χ2v) is 6.92. The van der Waals surface area contributed by atoms with Gasteiger partial charge < -0.3 is 4.90 Å². The molecule has 4 rings (SSSR count). The minimum absolute atomic E-state index is 0. The third-order valence-electron chi connectivity index (χ3n) is 5.12. The zero-order valence-electron chi connectivity index (χ0n) is 15.4. The van der Waals surface area contributed by atoms with Crippen molar-refractivity contribution in [3.8, 4) is 0 Å². The Hall–Kier alpha value is -3.08. The van der Waals surface area contributed by atoms with Gasteiger partial charge in [-0.05, 0) is 55.7 Å². The predicted molar refractivity (Wildman–Crippen MR) is 107 cm³/mol. The first-order valence-corrected chi connectivity index (χ1v) is 9.30. The van der Waals surface area contributed by atoms with E-state index in [-0.39, 0.29) is 7.21 Å². The fraction of sp³-hybridized carbons (Fsp3) is 0.273. The summed E-state index contributed by atoms with van der Waals surface area (Å²) in [6, 6.07) is 13.4. The van der Waals surface area contributed by atoms with E-state index >= 15 is 0 Å². The number of nitrogens with zero attached hydrogens (tertiary/aromatic N) is 4. The fourth-order valence-electron chi connectivity index (χ4n) is 3.66. The molecule has 1 aliphatic rings. The van der Waals surface area contributed by atoms with Gasteiger partial charge in [0.1, 0.15) is 11.5 Å². The van der Waals surface area contributed by atoms with Crippen molar-refractivity contribution >= 4 is 11.6 Å². The molecule has 0 saturated carbocycles. The van der Waals surface area contributed by atoms with E-state index in [0.29, 0.717) is 17.2 Å². The number of carbonyl (C=O) groups is 1. The van der Waals surface area contributed by atoms with Crippen LogP contribution in [0.2, 0.25) is 0 Å². The Bertz CT molecular complexity index is 948. The minimum atomic E-state index is -0.0803. The van der Waals surface area contributed by atoms with Crippen molar-refractivity contribution in [1.29, 1.82) is 0 Å². The lowest BCUT2D eigenvalue weighted by atomic mass is 9.92. The van der Waals surface area contributed by atoms with Crippen molar-refractivity contribution in [1.82, 2.24) is 15.0 Å². The van der Waals surface area contributed by atoms with E-state index in [1.54, 1.807) is 30.6 Å². The highest BCUT2D eigenvalue weighted by Crippen LogP contribution is 2.29. The molecule has 1 saturated heterocycles. The second kappa shape index (κ2) is 7.66. The molecule has 27 heavy (non-hydrogen) atoms. The first-order valence-electron chi connectivity index (χ1n) is 9.30. The molecule has 3 aromatic rings. The van der Waals surface area contributed by atoms with Crippen LogP contribution in [0.5, 0.6) is 0 Å². The number of piperidine rings is 1. The van der Waals surface area contributed by atoms with Crippen molar-refractivity contribution in [2.24, 2.45) is 0 Å². The number of hydrogen-bond donors (Lipinski definition) is 0. The number of pyridine rings is 3. The normalized spacial score (nSPS) is 16.9. The van der Waals surface area contributed by atoms with Gasteiger partial charge in [-0.15, -0.1) is 0 Å². The molecule has 0 aromatic carbocycles. The molecule has 0 spiro atoms. The molecule has 0 bridgehead atoms. The van der Waals surface area contributed by atoms with Crippen LogP contribution in [0.1, 0.15) is 47.5 Å². The second-order valence-electron chi connectivity index (χ2n) is 6.92. The summed E-state index contributed by atoms with van der Waals surface area (Å²) >= 11 is 0. The molecule has 5 nitrogen and oxygen atoms in total. The largest absolute Gasteiger partial charge is 0.356 e. The van der Waals surface area contributed by atoms with Gasteiger partial charge in [0.2, 0.25) is 5.78 Å². The van der Waals surface area contributed by atoms with E-state index in [0.717, 1.165) is 37.4 Å². The Balaban J connectivity index is 0.00000225. The van der Waals surface area contributed by atoms with Gasteiger partial charge in [-0.1, -0.05) is 12.1 Å². The number of carbonyl (C=O) groups excluding carboxylic acids is 1. The Kier molecular flexibility index (Phi) is 4.92. The molecule has 4 heterocycles. The van der Waals surface area contributed by atoms with E-state index in [9.17, 15) is 4.79 Å². The lowest BCUT2D eigenvalue weighted by Crippen LogP contribution is -2.35. The zero-order chi connectivity index (χ0) is 18.6. The van der Waals surface area contributed by atoms with Crippen molar-refractivity contribution in [2.45, 2.75) is 25.7 Å². The van der Waals surface area contributed by atoms with E-state index in [4.69, 9.17) is 0 Å². The monoisotopic (exact) mass is 360 g/mol. The van der Waals surface area contributed by atoms with Crippen LogP contribution in [-0.2, 0) is 0 Å². The number of rotatable bonds is 4. The van der Waals surface area contributed by atoms with Gasteiger partial charge in [0, 0.05) is 50.3 Å². The van der Waals surface area contributed by atoms with E-state index in [1.165, 1.54) is 5.56 Å². The van der Waals surface area contributed by atoms with Crippen LogP contribution >= 0.6 is 0 Å². The Morgan fingerprint density at radius 3 is 2.85 bits per heavy atom. The Labute approximate surface area is 160 Å². The Morgan fingerprint density at radius 2 is 2.04 bits per heavy atom. The van der Waals surface area contributed by atoms with Crippen LogP contribution in [0.3, 0.4) is 0 Å². The minimum Gasteiger partial charge on any atom is -0.356 e. The van der Waals surface area contributed by atoms with Gasteiger partial charge in [0.25, 0.3) is 0 Å². The number of ketones is 1. The Morgan fingerprint density at radius 1 is 1.15 bits per heavy atom. The van der Waals surface area contributed by atoms with E-state index in [1.807, 2.05) is 31.3 Å². The van der Waals surface area contributed by atoms with Gasteiger partial charge in [-0.3, -0.25) is 14.8 Å². The van der Waals surface area contributed by atoms with Gasteiger partial charge in [0.05, 0.1) is 0 Å². The lowest BCUT2D eigenvalue weighted by Gasteiger charge is -2.33. The summed E-state index contributed by atoms with van der Waals surface area (Å²) in [4.78, 5) is 28.3. The summed E-state index contributed by atoms with van der Waals surface area (Å²) in [6.07, 6.45) is 7.70. The number of hydrogen-bond acceptors (Lipinski definition) is 5. The molecule has 5 heteroatoms. The molecular formula is C22H24N4O. The van der Waals surface area contributed by atoms with E-state index in [2.05, 4.69) is 25.9 Å². The molecule has 0 N–H and O–H groups in total. The van der Waals surface area contributed by atoms with Crippen molar-refractivity contribution in [3.63, 3.8) is 0 Å². The van der Waals surface area contributed by atoms with Gasteiger partial charge in [-0.25, -0.2) is 4.98 Å². The van der Waals surface area contributed by atoms with Crippen molar-refractivity contribution in [3.05, 3.63) is 83.6 Å². The SMILES string of the molecule is Cc1ncccc1C(=O)c1cccc(N2CCCC(c3cccnc3)C2)n1.[HH]. The molecule has 0 aliphatic carbocycles. The standard InChI is InChI=1S/C22H22N4O.H2/c1-16-19(8-4-12-24-16)22(27)20-9-2-10-21(25-20)26-13-5-7-18(15-26)17-6-3-11-23-14-17;/h2-4,6,8-12,14,18H,5,7,13,15H2,1H3;1H. The van der Waals surface area contributed by atoms with Gasteiger partial charge in [-0.2, -0.15) is 0 Å². The van der Waals surface area contributed by atoms with Crippen molar-refractivity contribution < 1.29 is 6.22 Å². The molecule has 1 unspecified atom stereocenters. The predicted octanol–water partition coefficient (Wildman–Crippen LogP) is 4.04. The molecule has 1 aliphatic heterocycles. The van der Waals surface area contributed by atoms with E-state index < -0.39 is 0 Å². The molecule has 138 valence electrons. The topological polar surface area (TPSA) is 59.0 Å². The highest BCUT2D eigenvalue weighted by atomic mass is 16.1. The quantitative estimate of drug-likeness (QED) is 0.657. The summed E-state index contributed by atoms with van der Waals surface area (Å²) in [5.74, 6) is 1.22. The summed E-state index contributed by atoms with van der Waals surface area (Å²) < 4.78 is 0. The van der Waals surface area contributed by atoms with Crippen molar-refractivity contribution in [2.75, 3.05) is 18.0 Å². The molecule has 0 radical (unpaired) electrons. The smallest absolute Gasteiger partial charge is 0.213 e. The van der Waals surface area contributed by atoms with Gasteiger partial charge in [0.15, 0.2) is 0 Å². The average molecular weight is 360 g/mol. The van der Waals surface area contributed by atoms with Crippen LogP contribution in [0, 0.1) is 6.92 Å². The third kappa shape index (κ3) is 3.72. The zero-order valence-corrected chi connectivity index (χ0v) is 15.4. The van der Waals surface area contributed by atoms with Crippen LogP contribution in [0.25, 0.3) is 0 Å². The lowest BCUT2D eigenvalue weighted by molar-refractivity contribution is 0.103. The highest BCUT2D eigenvalue weighted by molar-refractivity contribution is 6.08. The van der Waals surface area contributed by atoms with Crippen LogP contribution < -0.4 is 4.90 Å². The maximum absolute atomic E-state index is 12.9. The molecule has 0 amide bonds. The summed E-state index contributed by atoms with van der Waals surface area (Å²) in [7, 11) is 0. The fourth-order valence-corrected chi connectivity index (χ4v) is 3.66. The molecule has 1 fully saturated rings. The van der Waals surface area contributed by atoms with Crippen LogP contribution in [0.4, 0.5) is 5.82 Å². The molecule has 3 aromatic heterocycles. The third-order valence-corrected chi connectivity index (χ3v) is 5.12.